The molecule has 4 aromatic rings. The molecule has 0 unspecified atom stereocenters. The van der Waals surface area contributed by atoms with Crippen LogP contribution in [0.2, 0.25) is 0 Å². The van der Waals surface area contributed by atoms with E-state index < -0.39 is 70.3 Å². The van der Waals surface area contributed by atoms with Gasteiger partial charge in [-0.3, -0.25) is 48.2 Å². The smallest absolute Gasteiger partial charge is 0.255 e. The third-order valence-electron chi connectivity index (χ3n) is 13.5. The van der Waals surface area contributed by atoms with Gasteiger partial charge in [0, 0.05) is 91.6 Å². The normalized spacial score (nSPS) is 22.1. The van der Waals surface area contributed by atoms with E-state index >= 15 is 0 Å². The molecule has 8 amide bonds. The third kappa shape index (κ3) is 14.4. The van der Waals surface area contributed by atoms with Gasteiger partial charge in [-0.1, -0.05) is 36.4 Å². The van der Waals surface area contributed by atoms with Crippen LogP contribution in [0.25, 0.3) is 0 Å². The Labute approximate surface area is 438 Å². The van der Waals surface area contributed by atoms with Crippen LogP contribution in [0.15, 0.2) is 84.9 Å². The Morgan fingerprint density at radius 3 is 0.671 bits per heavy atom. The van der Waals surface area contributed by atoms with Gasteiger partial charge in [0.15, 0.2) is 0 Å². The van der Waals surface area contributed by atoms with Gasteiger partial charge < -0.3 is 63.0 Å². The summed E-state index contributed by atoms with van der Waals surface area (Å²) in [4.78, 5) is 113. The maximum Gasteiger partial charge on any atom is 0.255 e. The number of hydrogen-bond donors (Lipinski definition) is 12. The van der Waals surface area contributed by atoms with Crippen molar-refractivity contribution in [3.63, 3.8) is 0 Å². The number of para-hydroxylation sites is 4. The summed E-state index contributed by atoms with van der Waals surface area (Å²) in [6.45, 7) is 1.69. The number of benzene rings is 4. The van der Waals surface area contributed by atoms with E-state index in [-0.39, 0.29) is 148 Å². The van der Waals surface area contributed by atoms with E-state index in [0.717, 1.165) is 0 Å². The Morgan fingerprint density at radius 2 is 0.474 bits per heavy atom. The van der Waals surface area contributed by atoms with Crippen LogP contribution >= 0.6 is 0 Å². The summed E-state index contributed by atoms with van der Waals surface area (Å²) in [5.41, 5.74) is -1.04. The first-order chi connectivity index (χ1) is 36.7. The molecule has 76 heavy (non-hydrogen) atoms. The van der Waals surface area contributed by atoms with Crippen LogP contribution in [0.5, 0.6) is 23.0 Å². The molecule has 0 saturated heterocycles. The molecule has 4 aromatic carbocycles. The fourth-order valence-electron chi connectivity index (χ4n) is 9.14. The molecule has 22 heteroatoms. The zero-order valence-electron chi connectivity index (χ0n) is 41.9. The molecule has 0 aromatic heterocycles. The van der Waals surface area contributed by atoms with Crippen LogP contribution in [-0.4, -0.2) is 169 Å². The van der Waals surface area contributed by atoms with E-state index in [1.807, 2.05) is 22.0 Å². The van der Waals surface area contributed by atoms with E-state index in [1.54, 1.807) is 0 Å². The van der Waals surface area contributed by atoms with E-state index in [0.29, 0.717) is 25.7 Å². The van der Waals surface area contributed by atoms with Crippen molar-refractivity contribution in [1.29, 1.82) is 0 Å². The second kappa shape index (κ2) is 26.6. The van der Waals surface area contributed by atoms with Crippen LogP contribution < -0.4 is 42.5 Å². The van der Waals surface area contributed by atoms with Gasteiger partial charge in [-0.2, -0.15) is 0 Å². The highest BCUT2D eigenvalue weighted by Crippen LogP contribution is 2.27. The molecule has 0 radical (unpaired) electrons. The summed E-state index contributed by atoms with van der Waals surface area (Å²) in [6, 6.07) is 17.1. The maximum atomic E-state index is 13.6. The lowest BCUT2D eigenvalue weighted by molar-refractivity contribution is 0.0914. The zero-order valence-corrected chi connectivity index (χ0v) is 41.9. The lowest BCUT2D eigenvalue weighted by Crippen LogP contribution is -2.46. The van der Waals surface area contributed by atoms with E-state index in [1.165, 1.54) is 72.8 Å². The number of amides is 8. The number of phenolic OH excluding ortho intramolecular Hbond substituents is 4. The van der Waals surface area contributed by atoms with Crippen molar-refractivity contribution in [2.45, 2.75) is 25.7 Å². The average molecular weight is 1050 g/mol. The molecule has 0 spiro atoms. The van der Waals surface area contributed by atoms with E-state index in [2.05, 4.69) is 42.5 Å². The first kappa shape index (κ1) is 55.3. The predicted octanol–water partition coefficient (Wildman–Crippen LogP) is 1.44. The summed E-state index contributed by atoms with van der Waals surface area (Å²) in [5.74, 6) is -7.93. The van der Waals surface area contributed by atoms with Crippen molar-refractivity contribution in [1.82, 2.24) is 52.3 Å². The molecular formula is C54H64N10O12. The molecule has 0 aliphatic carbocycles. The van der Waals surface area contributed by atoms with Crippen LogP contribution in [0.4, 0.5) is 0 Å². The number of aromatic hydroxyl groups is 4. The number of nitrogens with one attached hydrogen (secondary N) is 8. The highest BCUT2D eigenvalue weighted by molar-refractivity contribution is 6.06. The molecule has 12 bridgehead atoms. The molecule has 0 atom stereocenters. The second-order valence-corrected chi connectivity index (χ2v) is 18.6. The van der Waals surface area contributed by atoms with Crippen LogP contribution in [0.3, 0.4) is 0 Å². The third-order valence-corrected chi connectivity index (χ3v) is 13.5. The molecule has 3 heterocycles. The highest BCUT2D eigenvalue weighted by atomic mass is 16.3. The summed E-state index contributed by atoms with van der Waals surface area (Å²) >= 11 is 0. The Kier molecular flexibility index (Phi) is 19.4. The van der Waals surface area contributed by atoms with Crippen molar-refractivity contribution < 1.29 is 58.8 Å². The standard InChI is InChI=1S/C54H64N10O12/c65-43-35-5-1-9-39(43)51(73)59-23-27-63-28-24-60-52(74)40-10-2-6-36(44(40)66)48(70)56-20-16-33(15-19-55-47(35)69)13-14-34-17-21-57-49(71)37-7-3-11-41(45(37)67)53(75)61-25-29-64(32-31-63)30-26-62-54(76)42-12-4-8-38(46(42)68)50(72)58-22-18-34/h1-14,33-34,65-68H,15-32H2,(H,55,69)(H,56,70)(H,57,71)(H,58,72)(H,59,73)(H,60,74)(H,61,75)(H,62,76)/b14-13+. The number of carbonyl (C=O) groups excluding carboxylic acids is 8. The van der Waals surface area contributed by atoms with Crippen molar-refractivity contribution in [2.75, 3.05) is 91.6 Å². The van der Waals surface area contributed by atoms with Gasteiger partial charge >= 0.3 is 0 Å². The van der Waals surface area contributed by atoms with Crippen molar-refractivity contribution in [3.8, 4) is 23.0 Å². The zero-order chi connectivity index (χ0) is 54.1. The Hall–Kier alpha value is -8.50. The largest absolute Gasteiger partial charge is 0.506 e. The summed E-state index contributed by atoms with van der Waals surface area (Å²) in [5, 5.41) is 67.5. The van der Waals surface area contributed by atoms with Gasteiger partial charge in [-0.05, 0) is 86.1 Å². The second-order valence-electron chi connectivity index (χ2n) is 18.6. The minimum Gasteiger partial charge on any atom is -0.506 e. The first-order valence-corrected chi connectivity index (χ1v) is 25.4. The molecule has 7 rings (SSSR count). The van der Waals surface area contributed by atoms with Gasteiger partial charge in [0.2, 0.25) is 0 Å². The van der Waals surface area contributed by atoms with Gasteiger partial charge in [0.05, 0.1) is 44.5 Å². The Morgan fingerprint density at radius 1 is 0.289 bits per heavy atom. The summed E-state index contributed by atoms with van der Waals surface area (Å²) in [6.07, 6.45) is 4.92. The molecule has 0 saturated carbocycles. The van der Waals surface area contributed by atoms with Gasteiger partial charge in [-0.25, -0.2) is 0 Å². The molecule has 0 fully saturated rings. The fraction of sp³-hybridized carbons (Fsp3) is 0.370. The van der Waals surface area contributed by atoms with Crippen molar-refractivity contribution >= 4 is 47.3 Å². The van der Waals surface area contributed by atoms with Crippen molar-refractivity contribution in [2.24, 2.45) is 11.8 Å². The van der Waals surface area contributed by atoms with Crippen LogP contribution in [0.1, 0.15) is 109 Å². The predicted molar refractivity (Wildman–Crippen MR) is 279 cm³/mol. The minimum absolute atomic E-state index is 0.0314. The quantitative estimate of drug-likeness (QED) is 0.111. The van der Waals surface area contributed by atoms with Gasteiger partial charge in [0.25, 0.3) is 47.3 Å². The fourth-order valence-corrected chi connectivity index (χ4v) is 9.14. The number of nitrogens with zero attached hydrogens (tertiary/aromatic N) is 2. The molecule has 3 aliphatic rings. The summed E-state index contributed by atoms with van der Waals surface area (Å²) < 4.78 is 0. The maximum absolute atomic E-state index is 13.6. The molecular weight excluding hydrogens is 981 g/mol. The molecule has 12 N–H and O–H groups in total. The number of phenols is 4. The average Bonchev–Trinajstić information content (AvgIpc) is 3.40. The van der Waals surface area contributed by atoms with Crippen LogP contribution in [0, 0.1) is 11.8 Å². The topological polar surface area (TPSA) is 320 Å². The molecule has 3 aliphatic heterocycles. The van der Waals surface area contributed by atoms with E-state index in [9.17, 15) is 58.8 Å². The molecule has 402 valence electrons. The number of rotatable bonds is 0. The number of hydrogen-bond acceptors (Lipinski definition) is 14. The highest BCUT2D eigenvalue weighted by Gasteiger charge is 2.25. The van der Waals surface area contributed by atoms with Gasteiger partial charge in [0.1, 0.15) is 23.0 Å². The number of carbonyl (C=O) groups is 8. The van der Waals surface area contributed by atoms with Crippen LogP contribution in [-0.2, 0) is 0 Å². The summed E-state index contributed by atoms with van der Waals surface area (Å²) in [7, 11) is 0. The number of fused-ring (bicyclic) bond motifs is 20. The molecule has 22 nitrogen and oxygen atoms in total. The monoisotopic (exact) mass is 1040 g/mol. The SMILES string of the molecule is O=C1NCCC2/C=C/C3CCNC(=O)c4cccc(c4O)C(=O)NCCN(CCNC(=O)c4cccc(c4O)C(=O)NCC3)CCN(CCNC(=O)c3cccc1c3O)CCNC(=O)c1cccc(c1O)C(=O)NCC2. The Bertz CT molecular complexity index is 2490. The number of allylic oxidation sites excluding steroid dienone is 2. The lowest BCUT2D eigenvalue weighted by atomic mass is 9.94. The first-order valence-electron chi connectivity index (χ1n) is 25.4. The minimum atomic E-state index is -0.647. The lowest BCUT2D eigenvalue weighted by Gasteiger charge is -2.28. The van der Waals surface area contributed by atoms with E-state index in [4.69, 9.17) is 0 Å². The van der Waals surface area contributed by atoms with Gasteiger partial charge in [-0.15, -0.1) is 0 Å². The Balaban J connectivity index is 1.30. The van der Waals surface area contributed by atoms with Crippen molar-refractivity contribution in [3.05, 3.63) is 129 Å².